The minimum atomic E-state index is -0.464. The average molecular weight is 483 g/mol. The predicted molar refractivity (Wildman–Crippen MR) is 127 cm³/mol. The van der Waals surface area contributed by atoms with E-state index in [1.807, 2.05) is 24.3 Å². The van der Waals surface area contributed by atoms with E-state index in [0.717, 1.165) is 43.6 Å². The third-order valence-corrected chi connectivity index (χ3v) is 6.83. The van der Waals surface area contributed by atoms with Crippen LogP contribution in [0.15, 0.2) is 58.8 Å². The summed E-state index contributed by atoms with van der Waals surface area (Å²) in [6.07, 6.45) is 2.37. The van der Waals surface area contributed by atoms with Gasteiger partial charge in [-0.2, -0.15) is 0 Å². The van der Waals surface area contributed by atoms with Crippen LogP contribution < -0.4 is 4.74 Å². The van der Waals surface area contributed by atoms with Gasteiger partial charge < -0.3 is 14.2 Å². The number of nitro groups is 1. The van der Waals surface area contributed by atoms with Crippen LogP contribution in [0.3, 0.4) is 0 Å². The standard InChI is InChI=1S/C23H26N6O4S/c1-26-16-24-25-23(26)34-21-9-6-18(14-20(21)29(31)32)22(30)28-11-3-10-27(12-13-28)15-17-4-7-19(33-2)8-5-17/h4-9,14,16H,3,10-13,15H2,1-2H3. The molecule has 0 atom stereocenters. The Bertz CT molecular complexity index is 1170. The van der Waals surface area contributed by atoms with Crippen LogP contribution in [-0.4, -0.2) is 68.7 Å². The molecular formula is C23H26N6O4S. The molecule has 1 fully saturated rings. The third-order valence-electron chi connectivity index (χ3n) is 5.71. The zero-order valence-electron chi connectivity index (χ0n) is 19.1. The zero-order chi connectivity index (χ0) is 24.1. The number of methoxy groups -OCH3 is 1. The first-order valence-electron chi connectivity index (χ1n) is 10.9. The van der Waals surface area contributed by atoms with Crippen LogP contribution in [0.5, 0.6) is 5.75 Å². The van der Waals surface area contributed by atoms with Crippen molar-refractivity contribution in [2.45, 2.75) is 23.0 Å². The number of aromatic nitrogens is 3. The Morgan fingerprint density at radius 3 is 2.62 bits per heavy atom. The quantitative estimate of drug-likeness (QED) is 0.373. The molecule has 0 N–H and O–H groups in total. The molecule has 1 saturated heterocycles. The van der Waals surface area contributed by atoms with Gasteiger partial charge in [-0.05, 0) is 48.0 Å². The molecule has 1 aliphatic heterocycles. The predicted octanol–water partition coefficient (Wildman–Crippen LogP) is 3.23. The molecule has 0 radical (unpaired) electrons. The summed E-state index contributed by atoms with van der Waals surface area (Å²) in [5.41, 5.74) is 1.39. The van der Waals surface area contributed by atoms with E-state index in [0.29, 0.717) is 28.7 Å². The maximum absolute atomic E-state index is 13.2. The van der Waals surface area contributed by atoms with Crippen LogP contribution >= 0.6 is 11.8 Å². The van der Waals surface area contributed by atoms with E-state index in [4.69, 9.17) is 4.74 Å². The first-order chi connectivity index (χ1) is 16.4. The second-order valence-corrected chi connectivity index (χ2v) is 9.05. The van der Waals surface area contributed by atoms with Gasteiger partial charge in [0, 0.05) is 51.4 Å². The number of aryl methyl sites for hydroxylation is 1. The molecular weight excluding hydrogens is 456 g/mol. The second kappa shape index (κ2) is 10.7. The number of benzene rings is 2. The Labute approximate surface area is 201 Å². The van der Waals surface area contributed by atoms with Crippen molar-refractivity contribution in [1.82, 2.24) is 24.6 Å². The molecule has 0 saturated carbocycles. The first kappa shape index (κ1) is 23.7. The summed E-state index contributed by atoms with van der Waals surface area (Å²) in [6, 6.07) is 12.6. The Morgan fingerprint density at radius 2 is 1.94 bits per heavy atom. The highest BCUT2D eigenvalue weighted by Gasteiger charge is 2.24. The summed E-state index contributed by atoms with van der Waals surface area (Å²) in [5, 5.41) is 20.0. The van der Waals surface area contributed by atoms with Crippen LogP contribution in [0.4, 0.5) is 5.69 Å². The van der Waals surface area contributed by atoms with Crippen molar-refractivity contribution in [3.8, 4) is 5.75 Å². The molecule has 11 heteroatoms. The van der Waals surface area contributed by atoms with E-state index in [2.05, 4.69) is 15.1 Å². The highest BCUT2D eigenvalue weighted by atomic mass is 32.2. The molecule has 1 aromatic heterocycles. The lowest BCUT2D eigenvalue weighted by Gasteiger charge is -2.22. The number of carbonyl (C=O) groups is 1. The fourth-order valence-electron chi connectivity index (χ4n) is 3.85. The van der Waals surface area contributed by atoms with Gasteiger partial charge in [0.05, 0.1) is 16.9 Å². The molecule has 4 rings (SSSR count). The van der Waals surface area contributed by atoms with Gasteiger partial charge in [-0.15, -0.1) is 10.2 Å². The van der Waals surface area contributed by atoms with Crippen molar-refractivity contribution >= 4 is 23.4 Å². The van der Waals surface area contributed by atoms with Gasteiger partial charge in [-0.1, -0.05) is 12.1 Å². The summed E-state index contributed by atoms with van der Waals surface area (Å²) < 4.78 is 6.90. The zero-order valence-corrected chi connectivity index (χ0v) is 19.9. The highest BCUT2D eigenvalue weighted by Crippen LogP contribution is 2.34. The summed E-state index contributed by atoms with van der Waals surface area (Å²) in [7, 11) is 3.41. The van der Waals surface area contributed by atoms with E-state index in [9.17, 15) is 14.9 Å². The fraction of sp³-hybridized carbons (Fsp3) is 0.348. The molecule has 2 heterocycles. The first-order valence-corrected chi connectivity index (χ1v) is 11.7. The topological polar surface area (TPSA) is 107 Å². The lowest BCUT2D eigenvalue weighted by molar-refractivity contribution is -0.387. The molecule has 2 aromatic carbocycles. The SMILES string of the molecule is COc1ccc(CN2CCCN(C(=O)c3ccc(Sc4nncn4C)c([N+](=O)[O-])c3)CC2)cc1. The Balaban J connectivity index is 1.43. The minimum Gasteiger partial charge on any atom is -0.497 e. The molecule has 0 unspecified atom stereocenters. The number of ether oxygens (including phenoxy) is 1. The molecule has 1 amide bonds. The molecule has 178 valence electrons. The smallest absolute Gasteiger partial charge is 0.284 e. The largest absolute Gasteiger partial charge is 0.497 e. The second-order valence-electron chi connectivity index (χ2n) is 8.04. The third kappa shape index (κ3) is 5.54. The van der Waals surface area contributed by atoms with Gasteiger partial charge in [-0.25, -0.2) is 0 Å². The fourth-order valence-corrected chi connectivity index (χ4v) is 4.70. The van der Waals surface area contributed by atoms with E-state index in [-0.39, 0.29) is 11.6 Å². The number of nitrogens with zero attached hydrogens (tertiary/aromatic N) is 6. The van der Waals surface area contributed by atoms with Crippen LogP contribution in [0, 0.1) is 10.1 Å². The van der Waals surface area contributed by atoms with Gasteiger partial charge >= 0.3 is 0 Å². The van der Waals surface area contributed by atoms with Gasteiger partial charge in [0.1, 0.15) is 12.1 Å². The van der Waals surface area contributed by atoms with Crippen LogP contribution in [-0.2, 0) is 13.6 Å². The van der Waals surface area contributed by atoms with Crippen molar-refractivity contribution in [3.63, 3.8) is 0 Å². The lowest BCUT2D eigenvalue weighted by atomic mass is 10.1. The molecule has 0 bridgehead atoms. The maximum Gasteiger partial charge on any atom is 0.284 e. The number of amides is 1. The molecule has 0 aliphatic carbocycles. The summed E-state index contributed by atoms with van der Waals surface area (Å²) in [5.74, 6) is 0.635. The Hall–Kier alpha value is -3.44. The molecule has 1 aliphatic rings. The lowest BCUT2D eigenvalue weighted by Crippen LogP contribution is -2.35. The molecule has 0 spiro atoms. The van der Waals surface area contributed by atoms with Gasteiger partial charge in [0.2, 0.25) is 0 Å². The number of hydrogen-bond acceptors (Lipinski definition) is 8. The summed E-state index contributed by atoms with van der Waals surface area (Å²) in [4.78, 5) is 28.9. The highest BCUT2D eigenvalue weighted by molar-refractivity contribution is 7.99. The Kier molecular flexibility index (Phi) is 7.43. The van der Waals surface area contributed by atoms with Crippen LogP contribution in [0.25, 0.3) is 0 Å². The van der Waals surface area contributed by atoms with Crippen LogP contribution in [0.1, 0.15) is 22.3 Å². The van der Waals surface area contributed by atoms with Crippen molar-refractivity contribution in [2.75, 3.05) is 33.3 Å². The van der Waals surface area contributed by atoms with E-state index in [1.165, 1.54) is 18.0 Å². The molecule has 10 nitrogen and oxygen atoms in total. The van der Waals surface area contributed by atoms with Crippen molar-refractivity contribution < 1.29 is 14.5 Å². The molecule has 34 heavy (non-hydrogen) atoms. The van der Waals surface area contributed by atoms with Gasteiger partial charge in [0.15, 0.2) is 5.16 Å². The van der Waals surface area contributed by atoms with E-state index in [1.54, 1.807) is 35.8 Å². The minimum absolute atomic E-state index is 0.116. The monoisotopic (exact) mass is 482 g/mol. The molecule has 3 aromatic rings. The van der Waals surface area contributed by atoms with Gasteiger partial charge in [-0.3, -0.25) is 19.8 Å². The van der Waals surface area contributed by atoms with Crippen LogP contribution in [0.2, 0.25) is 0 Å². The van der Waals surface area contributed by atoms with Gasteiger partial charge in [0.25, 0.3) is 11.6 Å². The maximum atomic E-state index is 13.2. The summed E-state index contributed by atoms with van der Waals surface area (Å²) in [6.45, 7) is 3.59. The van der Waals surface area contributed by atoms with Crippen molar-refractivity contribution in [2.24, 2.45) is 7.05 Å². The number of carbonyl (C=O) groups excluding carboxylic acids is 1. The average Bonchev–Trinajstić information content (AvgIpc) is 3.10. The number of hydrogen-bond donors (Lipinski definition) is 0. The van der Waals surface area contributed by atoms with E-state index < -0.39 is 4.92 Å². The summed E-state index contributed by atoms with van der Waals surface area (Å²) >= 11 is 1.15. The normalized spacial score (nSPS) is 14.6. The number of nitro benzene ring substituents is 1. The van der Waals surface area contributed by atoms with Crippen molar-refractivity contribution in [1.29, 1.82) is 0 Å². The van der Waals surface area contributed by atoms with Crippen molar-refractivity contribution in [3.05, 3.63) is 70.0 Å². The Morgan fingerprint density at radius 1 is 1.15 bits per heavy atom. The van der Waals surface area contributed by atoms with E-state index >= 15 is 0 Å². The number of rotatable bonds is 7.